The van der Waals surface area contributed by atoms with Crippen molar-refractivity contribution in [2.75, 3.05) is 20.4 Å². The van der Waals surface area contributed by atoms with E-state index >= 15 is 0 Å². The first-order valence-electron chi connectivity index (χ1n) is 5.21. The van der Waals surface area contributed by atoms with Crippen molar-refractivity contribution in [2.24, 2.45) is 5.73 Å². The molecule has 0 unspecified atom stereocenters. The summed E-state index contributed by atoms with van der Waals surface area (Å²) >= 11 is 15.6. The lowest BCUT2D eigenvalue weighted by atomic mass is 10.4. The molecule has 0 amide bonds. The largest absolute Gasteiger partial charge is 0.394 e. The van der Waals surface area contributed by atoms with Gasteiger partial charge in [-0.05, 0) is 11.7 Å². The molecule has 0 aliphatic rings. The van der Waals surface area contributed by atoms with E-state index in [2.05, 4.69) is 0 Å². The molecule has 0 spiro atoms. The minimum absolute atomic E-state index is 0.435. The second-order valence-corrected chi connectivity index (χ2v) is 16.9. The highest BCUT2D eigenvalue weighted by Crippen LogP contribution is 2.17. The molecule has 0 aliphatic carbocycles. The van der Waals surface area contributed by atoms with Crippen molar-refractivity contribution in [3.63, 3.8) is 0 Å². The molecule has 104 valence electrons. The number of rotatable bonds is 4. The summed E-state index contributed by atoms with van der Waals surface area (Å²) in [4.78, 5) is 0. The smallest absolute Gasteiger partial charge is 0.386 e. The van der Waals surface area contributed by atoms with E-state index < -0.39 is 14.6 Å². The zero-order chi connectivity index (χ0) is 14.2. The summed E-state index contributed by atoms with van der Waals surface area (Å²) in [6.45, 7) is 1.62. The average molecular weight is 347 g/mol. The van der Waals surface area contributed by atoms with Gasteiger partial charge in [0, 0.05) is 20.4 Å². The molecule has 0 saturated carbocycles. The van der Waals surface area contributed by atoms with Crippen molar-refractivity contribution in [1.29, 1.82) is 0 Å². The lowest BCUT2D eigenvalue weighted by molar-refractivity contribution is 0.259. The third-order valence-electron chi connectivity index (χ3n) is 2.14. The van der Waals surface area contributed by atoms with Crippen LogP contribution in [0.15, 0.2) is 30.3 Å². The molecule has 0 bridgehead atoms. The lowest BCUT2D eigenvalue weighted by Gasteiger charge is -2.25. The molecule has 2 N–H and O–H groups in total. The zero-order valence-corrected chi connectivity index (χ0v) is 14.9. The highest BCUT2D eigenvalue weighted by atomic mass is 35.8. The van der Waals surface area contributed by atoms with Gasteiger partial charge in [0.2, 0.25) is 0 Å². The molecule has 0 radical (unpaired) electrons. The third-order valence-corrected chi connectivity index (χ3v) is 5.21. The van der Waals surface area contributed by atoms with Crippen LogP contribution in [0.3, 0.4) is 0 Å². The molecule has 18 heavy (non-hydrogen) atoms. The number of hydrogen-bond acceptors (Lipinski definition) is 3. The number of hydrogen-bond donors (Lipinski definition) is 1. The Morgan fingerprint density at radius 1 is 1.06 bits per heavy atom. The van der Waals surface area contributed by atoms with Gasteiger partial charge in [-0.15, -0.1) is 33.2 Å². The maximum atomic E-state index is 5.67. The summed E-state index contributed by atoms with van der Waals surface area (Å²) < 4.78 is 10.8. The van der Waals surface area contributed by atoms with Gasteiger partial charge in [-0.3, -0.25) is 0 Å². The first kappa shape index (κ1) is 18.4. The van der Waals surface area contributed by atoms with E-state index in [0.29, 0.717) is 6.17 Å². The molecule has 8 heteroatoms. The molecule has 1 aromatic carbocycles. The Labute approximate surface area is 124 Å². The van der Waals surface area contributed by atoms with Crippen LogP contribution in [0.2, 0.25) is 6.55 Å². The van der Waals surface area contributed by atoms with Crippen molar-refractivity contribution in [2.45, 2.75) is 6.55 Å². The highest BCUT2D eigenvalue weighted by molar-refractivity contribution is 7.64. The normalized spacial score (nSPS) is 11.7. The number of halogens is 3. The quantitative estimate of drug-likeness (QED) is 0.672. The van der Waals surface area contributed by atoms with Crippen LogP contribution in [-0.4, -0.2) is 35.0 Å². The minimum Gasteiger partial charge on any atom is -0.394 e. The van der Waals surface area contributed by atoms with Crippen LogP contribution in [0, 0.1) is 0 Å². The summed E-state index contributed by atoms with van der Waals surface area (Å²) in [7, 11) is 0.981. The first-order chi connectivity index (χ1) is 8.29. The Balaban J connectivity index is 0.000000494. The third kappa shape index (κ3) is 7.11. The minimum atomic E-state index is -2.32. The van der Waals surface area contributed by atoms with Gasteiger partial charge in [-0.2, -0.15) is 0 Å². The second kappa shape index (κ2) is 8.55. The van der Waals surface area contributed by atoms with E-state index in [1.165, 1.54) is 0 Å². The molecule has 1 aromatic rings. The fourth-order valence-electron chi connectivity index (χ4n) is 1.30. The Kier molecular flexibility index (Phi) is 8.74. The molecule has 0 atom stereocenters. The van der Waals surface area contributed by atoms with Crippen LogP contribution < -0.4 is 10.9 Å². The van der Waals surface area contributed by atoms with Gasteiger partial charge in [0.15, 0.2) is 0 Å². The Morgan fingerprint density at radius 3 is 1.72 bits per heavy atom. The molecule has 0 saturated heterocycles. The van der Waals surface area contributed by atoms with Gasteiger partial charge in [0.05, 0.1) is 0 Å². The van der Waals surface area contributed by atoms with E-state index in [1.807, 2.05) is 30.3 Å². The Hall–Kier alpha value is 0.404. The molecule has 0 aromatic heterocycles. The van der Waals surface area contributed by atoms with Crippen molar-refractivity contribution < 1.29 is 8.85 Å². The molecule has 0 fully saturated rings. The first-order valence-corrected chi connectivity index (χ1v) is 12.8. The van der Waals surface area contributed by atoms with Gasteiger partial charge in [-0.25, -0.2) is 0 Å². The Bertz CT molecular complexity index is 317. The SMILES string of the molecule is CO[Si](CN)(OC)c1ccccc1.C[Si](Cl)(Cl)Cl. The monoisotopic (exact) mass is 345 g/mol. The fourth-order valence-corrected chi connectivity index (χ4v) is 3.20. The summed E-state index contributed by atoms with van der Waals surface area (Å²) in [6.07, 6.45) is 0.435. The van der Waals surface area contributed by atoms with E-state index in [0.717, 1.165) is 5.19 Å². The summed E-state index contributed by atoms with van der Waals surface area (Å²) in [6, 6.07) is 7.68. The van der Waals surface area contributed by atoms with E-state index in [9.17, 15) is 0 Å². The Morgan fingerprint density at radius 2 is 1.44 bits per heavy atom. The molecular weight excluding hydrogens is 329 g/mol. The van der Waals surface area contributed by atoms with Gasteiger partial charge < -0.3 is 14.6 Å². The zero-order valence-electron chi connectivity index (χ0n) is 10.6. The van der Waals surface area contributed by atoms with Crippen LogP contribution in [0.5, 0.6) is 0 Å². The lowest BCUT2D eigenvalue weighted by Crippen LogP contribution is -2.58. The van der Waals surface area contributed by atoms with Gasteiger partial charge in [-0.1, -0.05) is 30.3 Å². The van der Waals surface area contributed by atoms with Crippen LogP contribution in [0.1, 0.15) is 0 Å². The van der Waals surface area contributed by atoms with Crippen LogP contribution in [-0.2, 0) is 8.85 Å². The molecular formula is C10H18Cl3NO2Si2. The fraction of sp³-hybridized carbons (Fsp3) is 0.400. The average Bonchev–Trinajstić information content (AvgIpc) is 2.31. The van der Waals surface area contributed by atoms with Gasteiger partial charge in [0.25, 0.3) is 0 Å². The van der Waals surface area contributed by atoms with E-state index in [4.69, 9.17) is 47.8 Å². The maximum absolute atomic E-state index is 5.67. The van der Waals surface area contributed by atoms with Crippen LogP contribution in [0.25, 0.3) is 0 Å². The molecule has 3 nitrogen and oxygen atoms in total. The summed E-state index contributed by atoms with van der Waals surface area (Å²) in [5.41, 5.74) is 5.67. The standard InChI is InChI=1S/C9H15NO2Si.CH3Cl3Si/c1-11-13(8-10,12-2)9-6-4-3-5-7-9;1-5(2,3)4/h3-7H,8,10H2,1-2H3;1H3. The van der Waals surface area contributed by atoms with Crippen LogP contribution >= 0.6 is 33.2 Å². The molecule has 1 rings (SSSR count). The van der Waals surface area contributed by atoms with Crippen molar-refractivity contribution in [1.82, 2.24) is 0 Å². The van der Waals surface area contributed by atoms with E-state index in [-0.39, 0.29) is 0 Å². The van der Waals surface area contributed by atoms with Crippen molar-refractivity contribution in [3.05, 3.63) is 30.3 Å². The van der Waals surface area contributed by atoms with Crippen LogP contribution in [0.4, 0.5) is 0 Å². The predicted molar refractivity (Wildman–Crippen MR) is 84.1 cm³/mol. The topological polar surface area (TPSA) is 44.5 Å². The summed E-state index contributed by atoms with van der Waals surface area (Å²) in [5.74, 6) is 0. The van der Waals surface area contributed by atoms with E-state index in [1.54, 1.807) is 20.8 Å². The molecule has 0 heterocycles. The maximum Gasteiger partial charge on any atom is 0.386 e. The predicted octanol–water partition coefficient (Wildman–Crippen LogP) is 2.40. The number of nitrogens with two attached hydrogens (primary N) is 1. The van der Waals surface area contributed by atoms with Crippen molar-refractivity contribution >= 4 is 53.0 Å². The molecule has 0 aliphatic heterocycles. The van der Waals surface area contributed by atoms with Crippen molar-refractivity contribution in [3.8, 4) is 0 Å². The van der Waals surface area contributed by atoms with Gasteiger partial charge >= 0.3 is 14.6 Å². The highest BCUT2D eigenvalue weighted by Gasteiger charge is 2.36. The van der Waals surface area contributed by atoms with Gasteiger partial charge in [0.1, 0.15) is 0 Å². The number of benzene rings is 1. The summed E-state index contributed by atoms with van der Waals surface area (Å²) in [5, 5.41) is 1.07. The second-order valence-electron chi connectivity index (χ2n) is 3.51.